The van der Waals surface area contributed by atoms with E-state index in [-0.39, 0.29) is 0 Å². The molecule has 2 amide bonds. The van der Waals surface area contributed by atoms with Crippen molar-refractivity contribution in [2.45, 2.75) is 62.9 Å². The number of carbonyl (C=O) groups is 1. The summed E-state index contributed by atoms with van der Waals surface area (Å²) >= 11 is 0. The first kappa shape index (κ1) is 14.0. The Morgan fingerprint density at radius 3 is 2.27 bits per heavy atom. The molecule has 3 saturated heterocycles. The number of piperidine rings is 2. The van der Waals surface area contributed by atoms with Crippen LogP contribution in [0.3, 0.4) is 0 Å². The van der Waals surface area contributed by atoms with Crippen molar-refractivity contribution in [3.05, 3.63) is 24.3 Å². The number of hydrogen-bond acceptors (Lipinski definition) is 3. The van der Waals surface area contributed by atoms with Crippen LogP contribution < -0.4 is 0 Å². The molecule has 4 heterocycles. The molecular formula is C17H24N4O. The van der Waals surface area contributed by atoms with Crippen molar-refractivity contribution in [3.63, 3.8) is 0 Å². The Morgan fingerprint density at radius 1 is 1.00 bits per heavy atom. The summed E-state index contributed by atoms with van der Waals surface area (Å²) in [5.41, 5.74) is 1.24. The van der Waals surface area contributed by atoms with Crippen molar-refractivity contribution >= 4 is 6.03 Å². The molecule has 0 aliphatic carbocycles. The van der Waals surface area contributed by atoms with Crippen LogP contribution in [0.4, 0.5) is 4.79 Å². The molecule has 118 valence electrons. The van der Waals surface area contributed by atoms with Gasteiger partial charge < -0.3 is 9.80 Å². The first-order valence-electron chi connectivity index (χ1n) is 8.65. The summed E-state index contributed by atoms with van der Waals surface area (Å²) in [4.78, 5) is 25.5. The number of likely N-dealkylation sites (tertiary alicyclic amines) is 1. The summed E-state index contributed by atoms with van der Waals surface area (Å²) in [7, 11) is 0. The van der Waals surface area contributed by atoms with Crippen LogP contribution >= 0.6 is 0 Å². The van der Waals surface area contributed by atoms with Gasteiger partial charge in [-0.15, -0.1) is 0 Å². The molecular weight excluding hydrogens is 276 g/mol. The Morgan fingerprint density at radius 2 is 1.64 bits per heavy atom. The number of amides is 2. The van der Waals surface area contributed by atoms with Gasteiger partial charge in [-0.2, -0.15) is 0 Å². The normalized spacial score (nSPS) is 31.4. The van der Waals surface area contributed by atoms with Crippen molar-refractivity contribution in [3.8, 4) is 0 Å². The molecule has 0 radical (unpaired) electrons. The molecule has 0 unspecified atom stereocenters. The second-order valence-corrected chi connectivity index (χ2v) is 6.96. The van der Waals surface area contributed by atoms with Gasteiger partial charge >= 0.3 is 6.03 Å². The molecule has 3 fully saturated rings. The minimum atomic E-state index is 0.301. The highest BCUT2D eigenvalue weighted by molar-refractivity contribution is 5.76. The predicted molar refractivity (Wildman–Crippen MR) is 83.5 cm³/mol. The van der Waals surface area contributed by atoms with Crippen LogP contribution in [0.1, 0.15) is 56.4 Å². The third-order valence-corrected chi connectivity index (χ3v) is 5.63. The monoisotopic (exact) mass is 300 g/mol. The number of rotatable bonds is 1. The van der Waals surface area contributed by atoms with Gasteiger partial charge in [-0.3, -0.25) is 0 Å². The smallest absolute Gasteiger partial charge is 0.320 e. The van der Waals surface area contributed by atoms with Gasteiger partial charge in [0.05, 0.1) is 0 Å². The van der Waals surface area contributed by atoms with Gasteiger partial charge in [0.15, 0.2) is 0 Å². The lowest BCUT2D eigenvalue weighted by Crippen LogP contribution is -2.53. The van der Waals surface area contributed by atoms with E-state index in [4.69, 9.17) is 0 Å². The Hall–Kier alpha value is -1.65. The van der Waals surface area contributed by atoms with Crippen molar-refractivity contribution < 1.29 is 4.79 Å². The second kappa shape index (κ2) is 5.86. The average Bonchev–Trinajstić information content (AvgIpc) is 2.85. The minimum absolute atomic E-state index is 0.301. The Labute approximate surface area is 131 Å². The van der Waals surface area contributed by atoms with E-state index in [0.29, 0.717) is 24.0 Å². The molecule has 0 N–H and O–H groups in total. The quantitative estimate of drug-likeness (QED) is 0.801. The fourth-order valence-corrected chi connectivity index (χ4v) is 4.53. The molecule has 5 nitrogen and oxygen atoms in total. The fourth-order valence-electron chi connectivity index (χ4n) is 4.53. The maximum Gasteiger partial charge on any atom is 0.320 e. The van der Waals surface area contributed by atoms with Crippen molar-refractivity contribution in [2.75, 3.05) is 13.1 Å². The standard InChI is InChI=1S/C17H24N4O/c22-17(20-6-2-1-3-7-20)21-15-4-5-16(21)9-13(8-15)14-10-18-12-19-11-14/h10-13,15-16H,1-9H2/t13-,15+,16-. The number of fused-ring (bicyclic) bond motifs is 2. The molecule has 3 aliphatic rings. The lowest BCUT2D eigenvalue weighted by molar-refractivity contribution is 0.0990. The largest absolute Gasteiger partial charge is 0.325 e. The molecule has 22 heavy (non-hydrogen) atoms. The van der Waals surface area contributed by atoms with Crippen molar-refractivity contribution in [2.24, 2.45) is 0 Å². The highest BCUT2D eigenvalue weighted by Gasteiger charge is 2.44. The summed E-state index contributed by atoms with van der Waals surface area (Å²) in [5, 5.41) is 0. The van der Waals surface area contributed by atoms with Crippen LogP contribution in [0.5, 0.6) is 0 Å². The van der Waals surface area contributed by atoms with Crippen molar-refractivity contribution in [1.82, 2.24) is 19.8 Å². The predicted octanol–water partition coefficient (Wildman–Crippen LogP) is 2.79. The number of hydrogen-bond donors (Lipinski definition) is 0. The molecule has 5 heteroatoms. The zero-order chi connectivity index (χ0) is 14.9. The summed E-state index contributed by atoms with van der Waals surface area (Å²) in [6.45, 7) is 1.90. The third-order valence-electron chi connectivity index (χ3n) is 5.63. The lowest BCUT2D eigenvalue weighted by atomic mass is 9.86. The summed E-state index contributed by atoms with van der Waals surface area (Å²) < 4.78 is 0. The van der Waals surface area contributed by atoms with E-state index >= 15 is 0 Å². The van der Waals surface area contributed by atoms with Gasteiger partial charge in [0.25, 0.3) is 0 Å². The molecule has 3 atom stereocenters. The number of aromatic nitrogens is 2. The Bertz CT molecular complexity index is 515. The van der Waals surface area contributed by atoms with E-state index in [1.54, 1.807) is 6.33 Å². The van der Waals surface area contributed by atoms with Crippen LogP contribution in [0, 0.1) is 0 Å². The van der Waals surface area contributed by atoms with Gasteiger partial charge in [0.2, 0.25) is 0 Å². The molecule has 0 aromatic carbocycles. The van der Waals surface area contributed by atoms with E-state index in [1.165, 1.54) is 24.8 Å². The molecule has 1 aromatic rings. The van der Waals surface area contributed by atoms with E-state index in [9.17, 15) is 4.79 Å². The lowest BCUT2D eigenvalue weighted by Gasteiger charge is -2.42. The zero-order valence-corrected chi connectivity index (χ0v) is 13.0. The van der Waals surface area contributed by atoms with Gasteiger partial charge in [-0.1, -0.05) is 0 Å². The fraction of sp³-hybridized carbons (Fsp3) is 0.706. The summed E-state index contributed by atoms with van der Waals surface area (Å²) in [5.74, 6) is 0.518. The molecule has 3 aliphatic heterocycles. The summed E-state index contributed by atoms with van der Waals surface area (Å²) in [6.07, 6.45) is 13.5. The van der Waals surface area contributed by atoms with Crippen LogP contribution in [0.2, 0.25) is 0 Å². The maximum absolute atomic E-state index is 12.9. The van der Waals surface area contributed by atoms with E-state index in [2.05, 4.69) is 19.8 Å². The molecule has 0 spiro atoms. The zero-order valence-electron chi connectivity index (χ0n) is 13.0. The Kier molecular flexibility index (Phi) is 3.72. The average molecular weight is 300 g/mol. The van der Waals surface area contributed by atoms with E-state index < -0.39 is 0 Å². The van der Waals surface area contributed by atoms with Gasteiger partial charge in [0, 0.05) is 37.6 Å². The highest BCUT2D eigenvalue weighted by atomic mass is 16.2. The van der Waals surface area contributed by atoms with Gasteiger partial charge in [-0.25, -0.2) is 14.8 Å². The van der Waals surface area contributed by atoms with Crippen LogP contribution in [-0.4, -0.2) is 51.0 Å². The van der Waals surface area contributed by atoms with Crippen LogP contribution in [-0.2, 0) is 0 Å². The topological polar surface area (TPSA) is 49.3 Å². The first-order chi connectivity index (χ1) is 10.8. The molecule has 4 rings (SSSR count). The SMILES string of the molecule is O=C(N1CCCCC1)N1[C@@H]2CC[C@H]1C[C@@H](c1cncnc1)C2. The van der Waals surface area contributed by atoms with Gasteiger partial charge in [-0.05, 0) is 56.4 Å². The van der Waals surface area contributed by atoms with Crippen molar-refractivity contribution in [1.29, 1.82) is 0 Å². The minimum Gasteiger partial charge on any atom is -0.325 e. The summed E-state index contributed by atoms with van der Waals surface area (Å²) in [6, 6.07) is 1.13. The van der Waals surface area contributed by atoms with Gasteiger partial charge in [0.1, 0.15) is 6.33 Å². The third kappa shape index (κ3) is 2.46. The van der Waals surface area contributed by atoms with Crippen LogP contribution in [0.25, 0.3) is 0 Å². The highest BCUT2D eigenvalue weighted by Crippen LogP contribution is 2.43. The Balaban J connectivity index is 1.48. The first-order valence-corrected chi connectivity index (χ1v) is 8.65. The molecule has 1 aromatic heterocycles. The second-order valence-electron chi connectivity index (χ2n) is 6.96. The van der Waals surface area contributed by atoms with E-state index in [0.717, 1.165) is 38.8 Å². The molecule has 2 bridgehead atoms. The molecule has 0 saturated carbocycles. The number of carbonyl (C=O) groups excluding carboxylic acids is 1. The number of urea groups is 1. The maximum atomic E-state index is 12.9. The van der Waals surface area contributed by atoms with Crippen LogP contribution in [0.15, 0.2) is 18.7 Å². The van der Waals surface area contributed by atoms with E-state index in [1.807, 2.05) is 12.4 Å². The number of nitrogens with zero attached hydrogens (tertiary/aromatic N) is 4.